The van der Waals surface area contributed by atoms with Crippen molar-refractivity contribution < 1.29 is 60.4 Å². The van der Waals surface area contributed by atoms with Gasteiger partial charge in [0.2, 0.25) is 11.8 Å². The normalized spacial score (nSPS) is 14.9. The molecule has 332 valence electrons. The smallest absolute Gasteiger partial charge is 0.490 e. The summed E-state index contributed by atoms with van der Waals surface area (Å²) in [6.07, 6.45) is -3.82. The summed E-state index contributed by atoms with van der Waals surface area (Å²) in [6, 6.07) is 28.7. The number of carbonyl (C=O) groups excluding carboxylic acids is 3. The van der Waals surface area contributed by atoms with Gasteiger partial charge in [-0.05, 0) is 64.2 Å². The third kappa shape index (κ3) is 13.9. The number of pyridine rings is 1. The minimum absolute atomic E-state index is 0.124. The Hall–Kier alpha value is -6.75. The monoisotopic (exact) mass is 878 g/mol. The van der Waals surface area contributed by atoms with Crippen molar-refractivity contribution in [3.63, 3.8) is 0 Å². The van der Waals surface area contributed by atoms with Gasteiger partial charge in [-0.1, -0.05) is 60.7 Å². The Kier molecular flexibility index (Phi) is 16.4. The summed E-state index contributed by atoms with van der Waals surface area (Å²) in [5.74, 6) is -6.95. The molecule has 0 unspecified atom stereocenters. The fourth-order valence-electron chi connectivity index (χ4n) is 6.55. The highest BCUT2D eigenvalue weighted by Gasteiger charge is 2.47. The van der Waals surface area contributed by atoms with Crippen LogP contribution < -0.4 is 21.1 Å². The second-order valence-electron chi connectivity index (χ2n) is 14.2. The number of hydrogen-bond donors (Lipinski definition) is 4. The second kappa shape index (κ2) is 21.9. The van der Waals surface area contributed by atoms with Crippen LogP contribution in [0.5, 0.6) is 5.75 Å². The summed E-state index contributed by atoms with van der Waals surface area (Å²) in [6.45, 7) is 0.113. The van der Waals surface area contributed by atoms with Gasteiger partial charge in [-0.3, -0.25) is 19.4 Å². The maximum absolute atomic E-state index is 13.9. The number of carbonyl (C=O) groups is 4. The van der Waals surface area contributed by atoms with Gasteiger partial charge < -0.3 is 40.6 Å². The van der Waals surface area contributed by atoms with E-state index >= 15 is 0 Å². The lowest BCUT2D eigenvalue weighted by atomic mass is 10.0. The highest BCUT2D eigenvalue weighted by molar-refractivity contribution is 6.07. The molecule has 0 bridgehead atoms. The first-order valence-electron chi connectivity index (χ1n) is 19.5. The predicted molar refractivity (Wildman–Crippen MR) is 220 cm³/mol. The number of benzene rings is 4. The number of hydrogen-bond acceptors (Lipinski definition) is 10. The average Bonchev–Trinajstić information content (AvgIpc) is 3.59. The van der Waals surface area contributed by atoms with E-state index < -0.39 is 55.4 Å². The number of carboxylic acids is 1. The summed E-state index contributed by atoms with van der Waals surface area (Å²) < 4.78 is 76.4. The first-order chi connectivity index (χ1) is 30.1. The number of likely N-dealkylation sites (tertiary alicyclic amines) is 1. The standard InChI is InChI=1S/C42H42F2N6O6.C2HF3O2/c43-42(44)22-34(23-46)50(27-42)40(52)24-48-41(53)36-13-15-47-38-12-9-32(21-37(36)38)30-7-10-35(11-8-30)56-25-33(49-39(51)26-55-18-17-54-16-14-45)20-28-5-6-29-3-1-2-4-31(29)19-28;3-2(4,5)1(6)7/h1-13,15,19,21,33-34H,14,16-18,20,22,24-27,45H2,(H,48,53)(H,49,51);(H,6,7)/t33-,34-;/m0./s1. The maximum Gasteiger partial charge on any atom is 0.490 e. The Balaban J connectivity index is 0.000000985. The molecule has 3 amide bonds. The van der Waals surface area contributed by atoms with Gasteiger partial charge in [0.15, 0.2) is 0 Å². The number of nitrogens with one attached hydrogen (secondary N) is 2. The van der Waals surface area contributed by atoms with Gasteiger partial charge in [0.1, 0.15) is 25.0 Å². The van der Waals surface area contributed by atoms with E-state index in [4.69, 9.17) is 29.8 Å². The summed E-state index contributed by atoms with van der Waals surface area (Å²) in [4.78, 5) is 52.8. The summed E-state index contributed by atoms with van der Waals surface area (Å²) >= 11 is 0. The van der Waals surface area contributed by atoms with Crippen LogP contribution in [0.25, 0.3) is 32.8 Å². The average molecular weight is 879 g/mol. The number of alkyl halides is 5. The van der Waals surface area contributed by atoms with Crippen molar-refractivity contribution in [1.82, 2.24) is 20.5 Å². The topological polar surface area (TPSA) is 206 Å². The third-order valence-corrected chi connectivity index (χ3v) is 9.54. The molecule has 1 aromatic heterocycles. The minimum Gasteiger partial charge on any atom is -0.491 e. The van der Waals surface area contributed by atoms with Crippen LogP contribution in [-0.2, 0) is 30.3 Å². The van der Waals surface area contributed by atoms with Gasteiger partial charge >= 0.3 is 12.1 Å². The Morgan fingerprint density at radius 3 is 2.33 bits per heavy atom. The Labute approximate surface area is 357 Å². The minimum atomic E-state index is -5.08. The maximum atomic E-state index is 13.9. The molecule has 6 rings (SSSR count). The van der Waals surface area contributed by atoms with Crippen molar-refractivity contribution in [1.29, 1.82) is 5.26 Å². The molecule has 1 aliphatic rings. The van der Waals surface area contributed by atoms with Crippen LogP contribution in [0.4, 0.5) is 22.0 Å². The summed E-state index contributed by atoms with van der Waals surface area (Å²) in [5, 5.41) is 24.6. The number of nitrogens with zero attached hydrogens (tertiary/aromatic N) is 3. The van der Waals surface area contributed by atoms with Gasteiger partial charge in [-0.2, -0.15) is 18.4 Å². The lowest BCUT2D eigenvalue weighted by Crippen LogP contribution is -2.43. The number of rotatable bonds is 17. The SMILES string of the molecule is N#C[C@@H]1CC(F)(F)CN1C(=O)CNC(=O)c1ccnc2ccc(-c3ccc(OC[C@H](Cc4ccc5ccccc5c4)NC(=O)COCCOCCN)cc3)cc12.O=C(O)C(F)(F)F. The molecule has 5 N–H and O–H groups in total. The van der Waals surface area contributed by atoms with E-state index in [0.717, 1.165) is 32.4 Å². The highest BCUT2D eigenvalue weighted by Crippen LogP contribution is 2.32. The lowest BCUT2D eigenvalue weighted by Gasteiger charge is -2.20. The number of ether oxygens (including phenoxy) is 3. The summed E-state index contributed by atoms with van der Waals surface area (Å²) in [7, 11) is 0. The van der Waals surface area contributed by atoms with Crippen molar-refractivity contribution >= 4 is 45.4 Å². The van der Waals surface area contributed by atoms with E-state index in [1.54, 1.807) is 12.1 Å². The van der Waals surface area contributed by atoms with E-state index in [2.05, 4.69) is 27.8 Å². The predicted octanol–water partition coefficient (Wildman–Crippen LogP) is 5.28. The van der Waals surface area contributed by atoms with Crippen LogP contribution in [0.3, 0.4) is 0 Å². The molecule has 0 radical (unpaired) electrons. The number of fused-ring (bicyclic) bond motifs is 2. The molecule has 5 aromatic rings. The number of aromatic nitrogens is 1. The van der Waals surface area contributed by atoms with Crippen molar-refractivity contribution in [2.24, 2.45) is 5.73 Å². The fraction of sp³-hybridized carbons (Fsp3) is 0.318. The zero-order valence-corrected chi connectivity index (χ0v) is 33.6. The molecule has 2 atom stereocenters. The first kappa shape index (κ1) is 47.3. The van der Waals surface area contributed by atoms with Gasteiger partial charge in [0.05, 0.1) is 56.1 Å². The number of amides is 3. The van der Waals surface area contributed by atoms with E-state index in [0.29, 0.717) is 42.8 Å². The third-order valence-electron chi connectivity index (χ3n) is 9.54. The number of nitriles is 1. The zero-order chi connectivity index (χ0) is 45.6. The zero-order valence-electron chi connectivity index (χ0n) is 33.6. The molecule has 4 aromatic carbocycles. The molecule has 0 spiro atoms. The van der Waals surface area contributed by atoms with Gasteiger partial charge in [0, 0.05) is 24.5 Å². The van der Waals surface area contributed by atoms with E-state index in [-0.39, 0.29) is 37.3 Å². The van der Waals surface area contributed by atoms with Crippen LogP contribution in [-0.4, -0.2) is 116 Å². The van der Waals surface area contributed by atoms with Crippen LogP contribution >= 0.6 is 0 Å². The van der Waals surface area contributed by atoms with E-state index in [1.165, 1.54) is 12.3 Å². The number of nitrogens with two attached hydrogens (primary N) is 1. The van der Waals surface area contributed by atoms with Gasteiger partial charge in [-0.15, -0.1) is 0 Å². The molecule has 19 heteroatoms. The molecule has 0 saturated carbocycles. The number of aliphatic carboxylic acids is 1. The van der Waals surface area contributed by atoms with Crippen LogP contribution in [0.1, 0.15) is 22.3 Å². The molecule has 1 aliphatic heterocycles. The fourth-order valence-corrected chi connectivity index (χ4v) is 6.55. The van der Waals surface area contributed by atoms with Crippen LogP contribution in [0.15, 0.2) is 97.2 Å². The lowest BCUT2D eigenvalue weighted by molar-refractivity contribution is -0.192. The number of carboxylic acid groups (broad SMARTS) is 1. The quantitative estimate of drug-likeness (QED) is 0.0699. The Morgan fingerprint density at radius 2 is 1.63 bits per heavy atom. The van der Waals surface area contributed by atoms with Gasteiger partial charge in [0.25, 0.3) is 11.8 Å². The molecule has 2 heterocycles. The van der Waals surface area contributed by atoms with Gasteiger partial charge in [-0.25, -0.2) is 13.6 Å². The second-order valence-corrected chi connectivity index (χ2v) is 14.2. The molecule has 0 aliphatic carbocycles. The Bertz CT molecular complexity index is 2430. The van der Waals surface area contributed by atoms with Crippen LogP contribution in [0.2, 0.25) is 0 Å². The molecule has 14 nitrogen and oxygen atoms in total. The molecule has 1 fully saturated rings. The van der Waals surface area contributed by atoms with Crippen molar-refractivity contribution in [2.45, 2.75) is 37.0 Å². The largest absolute Gasteiger partial charge is 0.491 e. The summed E-state index contributed by atoms with van der Waals surface area (Å²) in [5.41, 5.74) is 8.88. The molecular formula is C44H43F5N6O8. The first-order valence-corrected chi connectivity index (χ1v) is 19.5. The Morgan fingerprint density at radius 1 is 0.937 bits per heavy atom. The van der Waals surface area contributed by atoms with Crippen LogP contribution in [0, 0.1) is 11.3 Å². The molecular weight excluding hydrogens is 836 g/mol. The van der Waals surface area contributed by atoms with Crippen molar-refractivity contribution in [2.75, 3.05) is 52.7 Å². The van der Waals surface area contributed by atoms with Crippen molar-refractivity contribution in [3.8, 4) is 22.9 Å². The molecule has 1 saturated heterocycles. The van der Waals surface area contributed by atoms with Crippen molar-refractivity contribution in [3.05, 3.63) is 108 Å². The highest BCUT2D eigenvalue weighted by atomic mass is 19.4. The molecule has 63 heavy (non-hydrogen) atoms. The van der Waals surface area contributed by atoms with E-state index in [1.807, 2.05) is 66.7 Å². The number of halogens is 5. The van der Waals surface area contributed by atoms with E-state index in [9.17, 15) is 41.6 Å².